The number of nitrogens with one attached hydrogen (secondary N) is 1. The topological polar surface area (TPSA) is 102 Å². The highest BCUT2D eigenvalue weighted by atomic mass is 79.9. The number of benzene rings is 1. The van der Waals surface area contributed by atoms with Gasteiger partial charge in [-0.25, -0.2) is 4.68 Å². The van der Waals surface area contributed by atoms with Gasteiger partial charge in [0.15, 0.2) is 0 Å². The predicted octanol–water partition coefficient (Wildman–Crippen LogP) is 2.84. The summed E-state index contributed by atoms with van der Waals surface area (Å²) in [6.45, 7) is 3.89. The largest absolute Gasteiger partial charge is 0.480 e. The van der Waals surface area contributed by atoms with Crippen LogP contribution in [0.15, 0.2) is 41.0 Å². The number of nitrogens with zero attached hydrogens (tertiary/aromatic N) is 4. The number of amides is 1. The number of aromatic nitrogens is 4. The van der Waals surface area contributed by atoms with E-state index in [-0.39, 0.29) is 12.2 Å². The first kappa shape index (κ1) is 18.8. The first-order valence-corrected chi connectivity index (χ1v) is 8.98. The Balaban J connectivity index is 1.80. The van der Waals surface area contributed by atoms with Gasteiger partial charge in [-0.3, -0.25) is 14.3 Å². The summed E-state index contributed by atoms with van der Waals surface area (Å²) in [7, 11) is 0. The molecule has 0 unspecified atom stereocenters. The molecular weight excluding hydrogens is 414 g/mol. The first-order valence-electron chi connectivity index (χ1n) is 8.18. The minimum absolute atomic E-state index is 0.178. The van der Waals surface area contributed by atoms with Gasteiger partial charge in [0.25, 0.3) is 5.91 Å². The Kier molecular flexibility index (Phi) is 5.41. The molecule has 2 N–H and O–H groups in total. The van der Waals surface area contributed by atoms with Crippen LogP contribution >= 0.6 is 15.9 Å². The quantitative estimate of drug-likeness (QED) is 0.624. The molecule has 9 heteroatoms. The van der Waals surface area contributed by atoms with Crippen LogP contribution < -0.4 is 5.32 Å². The number of carbonyl (C=O) groups excluding carboxylic acids is 1. The molecule has 0 aliphatic rings. The van der Waals surface area contributed by atoms with Crippen LogP contribution in [0.5, 0.6) is 0 Å². The third kappa shape index (κ3) is 4.25. The van der Waals surface area contributed by atoms with Crippen LogP contribution in [0.25, 0.3) is 0 Å². The van der Waals surface area contributed by atoms with E-state index in [1.54, 1.807) is 0 Å². The lowest BCUT2D eigenvalue weighted by molar-refractivity contribution is -0.137. The van der Waals surface area contributed by atoms with Crippen LogP contribution in [0, 0.1) is 13.8 Å². The number of carboxylic acids is 1. The fraction of sp³-hybridized carbons (Fsp3) is 0.222. The van der Waals surface area contributed by atoms with Gasteiger partial charge in [0.05, 0.1) is 23.6 Å². The fourth-order valence-electron chi connectivity index (χ4n) is 2.75. The number of anilines is 1. The lowest BCUT2D eigenvalue weighted by Gasteiger charge is -2.08. The maximum atomic E-state index is 12.6. The standard InChI is InChI=1S/C18H18BrN5O3/c1-11-17(21-18(27)15-7-8-20-24(15)10-16(25)26)12(2)23(22-11)9-13-3-5-14(19)6-4-13/h3-8H,9-10H2,1-2H3,(H,21,27)(H,25,26). The number of aryl methyl sites for hydroxylation is 1. The Bertz CT molecular complexity index is 991. The predicted molar refractivity (Wildman–Crippen MR) is 103 cm³/mol. The van der Waals surface area contributed by atoms with Gasteiger partial charge in [-0.1, -0.05) is 28.1 Å². The maximum absolute atomic E-state index is 12.6. The molecule has 2 heterocycles. The third-order valence-corrected chi connectivity index (χ3v) is 4.63. The molecule has 0 bridgehead atoms. The van der Waals surface area contributed by atoms with E-state index in [0.717, 1.165) is 20.4 Å². The van der Waals surface area contributed by atoms with Crippen molar-refractivity contribution in [2.75, 3.05) is 5.32 Å². The van der Waals surface area contributed by atoms with Crippen molar-refractivity contribution in [2.24, 2.45) is 0 Å². The molecule has 0 saturated heterocycles. The summed E-state index contributed by atoms with van der Waals surface area (Å²) in [5.41, 5.74) is 3.37. The van der Waals surface area contributed by atoms with E-state index in [2.05, 4.69) is 31.4 Å². The Labute approximate surface area is 163 Å². The molecule has 2 aromatic heterocycles. The Morgan fingerprint density at radius 1 is 1.15 bits per heavy atom. The second kappa shape index (κ2) is 7.75. The Morgan fingerprint density at radius 3 is 2.52 bits per heavy atom. The SMILES string of the molecule is Cc1nn(Cc2ccc(Br)cc2)c(C)c1NC(=O)c1ccnn1CC(=O)O. The highest BCUT2D eigenvalue weighted by molar-refractivity contribution is 9.10. The van der Waals surface area contributed by atoms with Crippen LogP contribution in [-0.4, -0.2) is 36.5 Å². The molecule has 0 spiro atoms. The minimum Gasteiger partial charge on any atom is -0.480 e. The number of aliphatic carboxylic acids is 1. The lowest BCUT2D eigenvalue weighted by Crippen LogP contribution is -2.21. The van der Waals surface area contributed by atoms with Gasteiger partial charge >= 0.3 is 5.97 Å². The van der Waals surface area contributed by atoms with E-state index in [4.69, 9.17) is 5.11 Å². The third-order valence-electron chi connectivity index (χ3n) is 4.10. The molecule has 1 amide bonds. The summed E-state index contributed by atoms with van der Waals surface area (Å²) in [6.07, 6.45) is 1.40. The molecule has 0 aliphatic heterocycles. The van der Waals surface area contributed by atoms with Crippen LogP contribution in [0.1, 0.15) is 27.4 Å². The van der Waals surface area contributed by atoms with Gasteiger partial charge < -0.3 is 10.4 Å². The Hall–Kier alpha value is -2.94. The number of halogens is 1. The van der Waals surface area contributed by atoms with Gasteiger partial charge in [0.1, 0.15) is 12.2 Å². The molecule has 0 atom stereocenters. The zero-order chi connectivity index (χ0) is 19.6. The van der Waals surface area contributed by atoms with Crippen LogP contribution in [0.3, 0.4) is 0 Å². The monoisotopic (exact) mass is 431 g/mol. The van der Waals surface area contributed by atoms with Crippen molar-refractivity contribution in [2.45, 2.75) is 26.9 Å². The number of carbonyl (C=O) groups is 2. The van der Waals surface area contributed by atoms with E-state index in [1.807, 2.05) is 42.8 Å². The molecular formula is C18H18BrN5O3. The number of rotatable bonds is 6. The van der Waals surface area contributed by atoms with Crippen molar-refractivity contribution in [1.82, 2.24) is 19.6 Å². The normalized spacial score (nSPS) is 10.8. The second-order valence-corrected chi connectivity index (χ2v) is 6.97. The molecule has 3 aromatic rings. The average Bonchev–Trinajstić information content (AvgIpc) is 3.16. The Morgan fingerprint density at radius 2 is 1.85 bits per heavy atom. The molecule has 140 valence electrons. The average molecular weight is 432 g/mol. The second-order valence-electron chi connectivity index (χ2n) is 6.05. The smallest absolute Gasteiger partial charge is 0.325 e. The van der Waals surface area contributed by atoms with Crippen LogP contribution in [0.4, 0.5) is 5.69 Å². The molecule has 0 saturated carbocycles. The molecule has 0 radical (unpaired) electrons. The minimum atomic E-state index is -1.07. The van der Waals surface area contributed by atoms with Crippen molar-refractivity contribution in [3.63, 3.8) is 0 Å². The lowest BCUT2D eigenvalue weighted by atomic mass is 10.2. The number of carboxylic acid groups (broad SMARTS) is 1. The summed E-state index contributed by atoms with van der Waals surface area (Å²) in [5.74, 6) is -1.49. The van der Waals surface area contributed by atoms with E-state index in [0.29, 0.717) is 17.9 Å². The van der Waals surface area contributed by atoms with E-state index in [9.17, 15) is 9.59 Å². The van der Waals surface area contributed by atoms with Gasteiger partial charge in [0, 0.05) is 10.7 Å². The number of hydrogen-bond donors (Lipinski definition) is 2. The van der Waals surface area contributed by atoms with E-state index in [1.165, 1.54) is 12.3 Å². The summed E-state index contributed by atoms with van der Waals surface area (Å²) >= 11 is 3.41. The van der Waals surface area contributed by atoms with Gasteiger partial charge in [-0.15, -0.1) is 0 Å². The summed E-state index contributed by atoms with van der Waals surface area (Å²) in [6, 6.07) is 9.42. The van der Waals surface area contributed by atoms with Crippen molar-refractivity contribution >= 4 is 33.5 Å². The van der Waals surface area contributed by atoms with Crippen LogP contribution in [0.2, 0.25) is 0 Å². The van der Waals surface area contributed by atoms with Crippen molar-refractivity contribution in [3.8, 4) is 0 Å². The molecule has 0 fully saturated rings. The molecule has 8 nitrogen and oxygen atoms in total. The summed E-state index contributed by atoms with van der Waals surface area (Å²) < 4.78 is 3.97. The van der Waals surface area contributed by atoms with E-state index < -0.39 is 11.9 Å². The van der Waals surface area contributed by atoms with Crippen molar-refractivity contribution < 1.29 is 14.7 Å². The molecule has 0 aliphatic carbocycles. The highest BCUT2D eigenvalue weighted by Crippen LogP contribution is 2.22. The van der Waals surface area contributed by atoms with Gasteiger partial charge in [-0.2, -0.15) is 10.2 Å². The van der Waals surface area contributed by atoms with Crippen molar-refractivity contribution in [3.05, 3.63) is 63.6 Å². The fourth-order valence-corrected chi connectivity index (χ4v) is 3.02. The summed E-state index contributed by atoms with van der Waals surface area (Å²) in [5, 5.41) is 20.1. The zero-order valence-corrected chi connectivity index (χ0v) is 16.4. The number of hydrogen-bond acceptors (Lipinski definition) is 4. The van der Waals surface area contributed by atoms with Gasteiger partial charge in [-0.05, 0) is 37.6 Å². The maximum Gasteiger partial charge on any atom is 0.325 e. The molecule has 3 rings (SSSR count). The van der Waals surface area contributed by atoms with Gasteiger partial charge in [0.2, 0.25) is 0 Å². The van der Waals surface area contributed by atoms with Crippen molar-refractivity contribution in [1.29, 1.82) is 0 Å². The summed E-state index contributed by atoms with van der Waals surface area (Å²) in [4.78, 5) is 23.5. The molecule has 27 heavy (non-hydrogen) atoms. The highest BCUT2D eigenvalue weighted by Gasteiger charge is 2.19. The van der Waals surface area contributed by atoms with Crippen LogP contribution in [-0.2, 0) is 17.9 Å². The van der Waals surface area contributed by atoms with E-state index >= 15 is 0 Å². The zero-order valence-electron chi connectivity index (χ0n) is 14.8. The first-order chi connectivity index (χ1) is 12.8. The molecule has 1 aromatic carbocycles.